The number of anilines is 1. The first-order valence-corrected chi connectivity index (χ1v) is 6.44. The molecule has 1 amide bonds. The number of amides is 1. The van der Waals surface area contributed by atoms with Crippen LogP contribution in [0.2, 0.25) is 0 Å². The van der Waals surface area contributed by atoms with Gasteiger partial charge in [-0.3, -0.25) is 9.59 Å². The van der Waals surface area contributed by atoms with Gasteiger partial charge in [0.1, 0.15) is 6.29 Å². The Morgan fingerprint density at radius 3 is 2.80 bits per heavy atom. The highest BCUT2D eigenvalue weighted by molar-refractivity contribution is 5.81. The van der Waals surface area contributed by atoms with Crippen LogP contribution in [0.5, 0.6) is 11.5 Å². The van der Waals surface area contributed by atoms with E-state index in [0.717, 1.165) is 12.8 Å². The lowest BCUT2D eigenvalue weighted by Gasteiger charge is -2.13. The number of methoxy groups -OCH3 is 1. The zero-order valence-corrected chi connectivity index (χ0v) is 11.8. The molecule has 0 saturated heterocycles. The smallest absolute Gasteiger partial charge is 0.257 e. The van der Waals surface area contributed by atoms with E-state index in [-0.39, 0.29) is 24.0 Å². The molecule has 0 aliphatic heterocycles. The summed E-state index contributed by atoms with van der Waals surface area (Å²) in [5, 5.41) is 2.73. The van der Waals surface area contributed by atoms with Gasteiger partial charge < -0.3 is 20.5 Å². The topological polar surface area (TPSA) is 90.6 Å². The molecule has 0 fully saturated rings. The number of nitrogens with two attached hydrogens (primary N) is 1. The third kappa shape index (κ3) is 4.46. The maximum Gasteiger partial charge on any atom is 0.257 e. The van der Waals surface area contributed by atoms with E-state index in [1.807, 2.05) is 6.92 Å². The molecule has 6 nitrogen and oxygen atoms in total. The van der Waals surface area contributed by atoms with Crippen molar-refractivity contribution >= 4 is 17.9 Å². The number of benzene rings is 1. The van der Waals surface area contributed by atoms with Crippen LogP contribution < -0.4 is 20.5 Å². The molecule has 0 saturated carbocycles. The van der Waals surface area contributed by atoms with Crippen LogP contribution in [0, 0.1) is 0 Å². The van der Waals surface area contributed by atoms with Crippen molar-refractivity contribution < 1.29 is 19.1 Å². The summed E-state index contributed by atoms with van der Waals surface area (Å²) < 4.78 is 10.5. The molecular formula is C14H20N2O4. The first-order valence-electron chi connectivity index (χ1n) is 6.44. The highest BCUT2D eigenvalue weighted by Gasteiger charge is 2.12. The van der Waals surface area contributed by atoms with E-state index in [1.165, 1.54) is 19.2 Å². The molecule has 0 aliphatic rings. The highest BCUT2D eigenvalue weighted by atomic mass is 16.5. The SMILES string of the molecule is CCCCNC(=O)COc1c(N)cc(C=O)cc1OC. The lowest BCUT2D eigenvalue weighted by molar-refractivity contribution is -0.123. The molecule has 1 aromatic carbocycles. The molecule has 110 valence electrons. The predicted molar refractivity (Wildman–Crippen MR) is 76.2 cm³/mol. The van der Waals surface area contributed by atoms with Crippen LogP contribution in [-0.2, 0) is 4.79 Å². The summed E-state index contributed by atoms with van der Waals surface area (Å²) >= 11 is 0. The van der Waals surface area contributed by atoms with Gasteiger partial charge >= 0.3 is 0 Å². The largest absolute Gasteiger partial charge is 0.493 e. The zero-order valence-electron chi connectivity index (χ0n) is 11.8. The Morgan fingerprint density at radius 1 is 1.45 bits per heavy atom. The number of hydrogen-bond donors (Lipinski definition) is 2. The van der Waals surface area contributed by atoms with E-state index in [4.69, 9.17) is 15.2 Å². The second-order valence-corrected chi connectivity index (χ2v) is 4.25. The molecule has 0 bridgehead atoms. The lowest BCUT2D eigenvalue weighted by atomic mass is 10.2. The molecule has 6 heteroatoms. The van der Waals surface area contributed by atoms with Crippen LogP contribution in [-0.4, -0.2) is 32.5 Å². The third-order valence-electron chi connectivity index (χ3n) is 2.66. The molecule has 0 spiro atoms. The van der Waals surface area contributed by atoms with E-state index in [2.05, 4.69) is 5.32 Å². The number of unbranched alkanes of at least 4 members (excludes halogenated alkanes) is 1. The van der Waals surface area contributed by atoms with Crippen LogP contribution in [0.3, 0.4) is 0 Å². The first kappa shape index (κ1) is 15.8. The van der Waals surface area contributed by atoms with Gasteiger partial charge in [0, 0.05) is 12.1 Å². The fraction of sp³-hybridized carbons (Fsp3) is 0.429. The summed E-state index contributed by atoms with van der Waals surface area (Å²) in [5.41, 5.74) is 6.43. The summed E-state index contributed by atoms with van der Waals surface area (Å²) in [7, 11) is 1.44. The Hall–Kier alpha value is -2.24. The normalized spacial score (nSPS) is 9.90. The molecule has 0 aromatic heterocycles. The lowest BCUT2D eigenvalue weighted by Crippen LogP contribution is -2.29. The molecule has 1 aromatic rings. The zero-order chi connectivity index (χ0) is 15.0. The standard InChI is InChI=1S/C14H20N2O4/c1-3-4-5-16-13(18)9-20-14-11(15)6-10(8-17)7-12(14)19-2/h6-8H,3-5,9,15H2,1-2H3,(H,16,18). The Kier molecular flexibility index (Phi) is 6.36. The Labute approximate surface area is 118 Å². The number of rotatable bonds is 8. The molecule has 1 rings (SSSR count). The molecule has 20 heavy (non-hydrogen) atoms. The quantitative estimate of drug-likeness (QED) is 0.426. The van der Waals surface area contributed by atoms with Gasteiger partial charge in [-0.2, -0.15) is 0 Å². The van der Waals surface area contributed by atoms with Crippen LogP contribution in [0.15, 0.2) is 12.1 Å². The van der Waals surface area contributed by atoms with Crippen molar-refractivity contribution in [3.8, 4) is 11.5 Å². The minimum Gasteiger partial charge on any atom is -0.493 e. The number of nitrogens with one attached hydrogen (secondary N) is 1. The average molecular weight is 280 g/mol. The molecule has 3 N–H and O–H groups in total. The van der Waals surface area contributed by atoms with Crippen molar-refractivity contribution in [3.63, 3.8) is 0 Å². The second kappa shape index (κ2) is 8.04. The first-order chi connectivity index (χ1) is 9.62. The Balaban J connectivity index is 2.67. The van der Waals surface area contributed by atoms with Gasteiger partial charge in [0.2, 0.25) is 0 Å². The molecule has 0 heterocycles. The summed E-state index contributed by atoms with van der Waals surface area (Å²) in [4.78, 5) is 22.3. The van der Waals surface area contributed by atoms with E-state index < -0.39 is 0 Å². The maximum atomic E-state index is 11.6. The number of ether oxygens (including phenoxy) is 2. The van der Waals surface area contributed by atoms with Crippen molar-refractivity contribution in [3.05, 3.63) is 17.7 Å². The number of carbonyl (C=O) groups is 2. The Morgan fingerprint density at radius 2 is 2.20 bits per heavy atom. The van der Waals surface area contributed by atoms with Crippen molar-refractivity contribution in [1.29, 1.82) is 0 Å². The number of nitrogen functional groups attached to an aromatic ring is 1. The minimum absolute atomic E-state index is 0.148. The van der Waals surface area contributed by atoms with Crippen molar-refractivity contribution in [1.82, 2.24) is 5.32 Å². The van der Waals surface area contributed by atoms with Gasteiger partial charge in [-0.05, 0) is 18.6 Å². The van der Waals surface area contributed by atoms with Crippen molar-refractivity contribution in [2.75, 3.05) is 26.0 Å². The van der Waals surface area contributed by atoms with Crippen molar-refractivity contribution in [2.45, 2.75) is 19.8 Å². The molecule has 0 unspecified atom stereocenters. The van der Waals surface area contributed by atoms with Gasteiger partial charge in [0.15, 0.2) is 18.1 Å². The monoisotopic (exact) mass is 280 g/mol. The highest BCUT2D eigenvalue weighted by Crippen LogP contribution is 2.34. The van der Waals surface area contributed by atoms with Crippen LogP contribution in [0.1, 0.15) is 30.1 Å². The Bertz CT molecular complexity index is 474. The van der Waals surface area contributed by atoms with Gasteiger partial charge in [-0.1, -0.05) is 13.3 Å². The summed E-state index contributed by atoms with van der Waals surface area (Å²) in [5.74, 6) is 0.372. The van der Waals surface area contributed by atoms with Gasteiger partial charge in [-0.25, -0.2) is 0 Å². The third-order valence-corrected chi connectivity index (χ3v) is 2.66. The number of hydrogen-bond acceptors (Lipinski definition) is 5. The summed E-state index contributed by atoms with van der Waals surface area (Å²) in [6.07, 6.45) is 2.60. The molecule has 0 aliphatic carbocycles. The number of carbonyl (C=O) groups excluding carboxylic acids is 2. The van der Waals surface area contributed by atoms with Crippen LogP contribution in [0.4, 0.5) is 5.69 Å². The molecular weight excluding hydrogens is 260 g/mol. The van der Waals surface area contributed by atoms with E-state index in [0.29, 0.717) is 24.1 Å². The average Bonchev–Trinajstić information content (AvgIpc) is 2.45. The second-order valence-electron chi connectivity index (χ2n) is 4.25. The van der Waals surface area contributed by atoms with Crippen molar-refractivity contribution in [2.24, 2.45) is 0 Å². The fourth-order valence-corrected chi connectivity index (χ4v) is 1.61. The predicted octanol–water partition coefficient (Wildman–Crippen LogP) is 1.38. The van der Waals surface area contributed by atoms with Crippen LogP contribution >= 0.6 is 0 Å². The summed E-state index contributed by atoms with van der Waals surface area (Å²) in [6.45, 7) is 2.52. The minimum atomic E-state index is -0.223. The number of aldehydes is 1. The maximum absolute atomic E-state index is 11.6. The van der Waals surface area contributed by atoms with E-state index >= 15 is 0 Å². The van der Waals surface area contributed by atoms with E-state index in [1.54, 1.807) is 0 Å². The van der Waals surface area contributed by atoms with Crippen LogP contribution in [0.25, 0.3) is 0 Å². The molecule has 0 atom stereocenters. The van der Waals surface area contributed by atoms with Gasteiger partial charge in [-0.15, -0.1) is 0 Å². The summed E-state index contributed by atoms with van der Waals surface area (Å²) in [6, 6.07) is 2.98. The fourth-order valence-electron chi connectivity index (χ4n) is 1.61. The van der Waals surface area contributed by atoms with Gasteiger partial charge in [0.05, 0.1) is 12.8 Å². The van der Waals surface area contributed by atoms with E-state index in [9.17, 15) is 9.59 Å². The van der Waals surface area contributed by atoms with Gasteiger partial charge in [0.25, 0.3) is 5.91 Å². The molecule has 0 radical (unpaired) electrons.